The van der Waals surface area contributed by atoms with Crippen LogP contribution in [0.4, 0.5) is 0 Å². The highest BCUT2D eigenvalue weighted by Crippen LogP contribution is 2.20. The fourth-order valence-electron chi connectivity index (χ4n) is 2.13. The summed E-state index contributed by atoms with van der Waals surface area (Å²) in [6, 6.07) is 3.71. The van der Waals surface area contributed by atoms with Crippen molar-refractivity contribution < 1.29 is 14.3 Å². The zero-order valence-corrected chi connectivity index (χ0v) is 13.3. The minimum Gasteiger partial charge on any atom is -0.451 e. The number of primary amides is 1. The number of esters is 1. The third kappa shape index (κ3) is 4.48. The molecule has 22 heavy (non-hydrogen) atoms. The lowest BCUT2D eigenvalue weighted by Gasteiger charge is -2.12. The Labute approximate surface area is 130 Å². The molecule has 0 aliphatic heterocycles. The molecule has 0 saturated carbocycles. The number of aromatic nitrogens is 1. The van der Waals surface area contributed by atoms with E-state index in [0.29, 0.717) is 5.92 Å². The number of hydrogen-bond acceptors (Lipinski definition) is 4. The van der Waals surface area contributed by atoms with Gasteiger partial charge in [0.25, 0.3) is 5.91 Å². The zero-order chi connectivity index (χ0) is 16.9. The number of carbonyl (C=O) groups is 2. The van der Waals surface area contributed by atoms with Crippen LogP contribution in [-0.4, -0.2) is 23.1 Å². The van der Waals surface area contributed by atoms with Crippen LogP contribution in [-0.2, 0) is 20.9 Å². The van der Waals surface area contributed by atoms with Crippen LogP contribution in [0.15, 0.2) is 11.6 Å². The summed E-state index contributed by atoms with van der Waals surface area (Å²) in [7, 11) is 0. The van der Waals surface area contributed by atoms with Crippen molar-refractivity contribution in [3.8, 4) is 6.07 Å². The SMILES string of the molecule is Cc1cc(/C=C(\C#N)C(=O)OCC(N)=O)c(C)n1CC(C)C. The minimum atomic E-state index is -0.852. The molecule has 1 heterocycles. The molecule has 0 spiro atoms. The van der Waals surface area contributed by atoms with Gasteiger partial charge in [-0.15, -0.1) is 0 Å². The summed E-state index contributed by atoms with van der Waals surface area (Å²) in [6.45, 7) is 8.48. The van der Waals surface area contributed by atoms with Crippen molar-refractivity contribution in [1.29, 1.82) is 5.26 Å². The number of ether oxygens (including phenoxy) is 1. The van der Waals surface area contributed by atoms with Gasteiger partial charge in [-0.3, -0.25) is 4.79 Å². The van der Waals surface area contributed by atoms with E-state index in [-0.39, 0.29) is 5.57 Å². The van der Waals surface area contributed by atoms with Gasteiger partial charge in [-0.2, -0.15) is 5.26 Å². The van der Waals surface area contributed by atoms with E-state index in [1.807, 2.05) is 19.9 Å². The Morgan fingerprint density at radius 1 is 1.45 bits per heavy atom. The van der Waals surface area contributed by atoms with Crippen LogP contribution < -0.4 is 5.73 Å². The summed E-state index contributed by atoms with van der Waals surface area (Å²) in [5.74, 6) is -1.13. The Balaban J connectivity index is 3.06. The van der Waals surface area contributed by atoms with Crippen molar-refractivity contribution in [3.05, 3.63) is 28.6 Å². The molecular weight excluding hydrogens is 282 g/mol. The summed E-state index contributed by atoms with van der Waals surface area (Å²) in [4.78, 5) is 22.4. The fraction of sp³-hybridized carbons (Fsp3) is 0.438. The number of hydrogen-bond donors (Lipinski definition) is 1. The number of rotatable bonds is 6. The Morgan fingerprint density at radius 2 is 2.09 bits per heavy atom. The highest BCUT2D eigenvalue weighted by Gasteiger charge is 2.15. The first-order valence-electron chi connectivity index (χ1n) is 7.00. The number of carbonyl (C=O) groups excluding carboxylic acids is 2. The molecule has 0 aromatic carbocycles. The summed E-state index contributed by atoms with van der Waals surface area (Å²) in [6.07, 6.45) is 1.47. The van der Waals surface area contributed by atoms with Gasteiger partial charge in [-0.05, 0) is 37.5 Å². The molecule has 0 bridgehead atoms. The first kappa shape index (κ1) is 17.5. The summed E-state index contributed by atoms with van der Waals surface area (Å²) in [5.41, 5.74) is 7.56. The fourth-order valence-corrected chi connectivity index (χ4v) is 2.13. The molecule has 118 valence electrons. The third-order valence-electron chi connectivity index (χ3n) is 3.15. The van der Waals surface area contributed by atoms with Gasteiger partial charge in [0.15, 0.2) is 6.61 Å². The zero-order valence-electron chi connectivity index (χ0n) is 13.3. The molecule has 0 unspecified atom stereocenters. The lowest BCUT2D eigenvalue weighted by atomic mass is 10.1. The number of nitrogens with zero attached hydrogens (tertiary/aromatic N) is 2. The smallest absolute Gasteiger partial charge is 0.349 e. The maximum Gasteiger partial charge on any atom is 0.349 e. The van der Waals surface area contributed by atoms with E-state index >= 15 is 0 Å². The first-order chi connectivity index (χ1) is 10.3. The number of amides is 1. The molecule has 1 rings (SSSR count). The molecule has 1 amide bonds. The van der Waals surface area contributed by atoms with Crippen molar-refractivity contribution >= 4 is 18.0 Å². The van der Waals surface area contributed by atoms with Crippen molar-refractivity contribution in [2.45, 2.75) is 34.2 Å². The van der Waals surface area contributed by atoms with Crippen molar-refractivity contribution in [2.75, 3.05) is 6.61 Å². The van der Waals surface area contributed by atoms with E-state index in [9.17, 15) is 9.59 Å². The van der Waals surface area contributed by atoms with Crippen LogP contribution in [0, 0.1) is 31.1 Å². The van der Waals surface area contributed by atoms with Crippen molar-refractivity contribution in [1.82, 2.24) is 4.57 Å². The van der Waals surface area contributed by atoms with E-state index in [0.717, 1.165) is 23.5 Å². The summed E-state index contributed by atoms with van der Waals surface area (Å²) < 4.78 is 6.80. The monoisotopic (exact) mass is 303 g/mol. The molecule has 0 aliphatic rings. The largest absolute Gasteiger partial charge is 0.451 e. The standard InChI is InChI=1S/C16H21N3O3/c1-10(2)8-19-11(3)5-13(12(19)4)6-14(7-17)16(21)22-9-15(18)20/h5-6,10H,8-9H2,1-4H3,(H2,18,20)/b14-6+. The molecule has 1 aromatic heterocycles. The van der Waals surface area contributed by atoms with Crippen LogP contribution in [0.1, 0.15) is 30.8 Å². The molecular formula is C16H21N3O3. The molecule has 1 aromatic rings. The molecule has 0 saturated heterocycles. The Hall–Kier alpha value is -2.55. The lowest BCUT2D eigenvalue weighted by Crippen LogP contribution is -2.21. The van der Waals surface area contributed by atoms with E-state index in [2.05, 4.69) is 23.2 Å². The maximum atomic E-state index is 11.7. The van der Waals surface area contributed by atoms with Crippen molar-refractivity contribution in [2.24, 2.45) is 11.7 Å². The molecule has 6 nitrogen and oxygen atoms in total. The van der Waals surface area contributed by atoms with Gasteiger partial charge in [0, 0.05) is 17.9 Å². The van der Waals surface area contributed by atoms with Gasteiger partial charge in [-0.1, -0.05) is 13.8 Å². The lowest BCUT2D eigenvalue weighted by molar-refractivity contribution is -0.143. The third-order valence-corrected chi connectivity index (χ3v) is 3.15. The highest BCUT2D eigenvalue weighted by molar-refractivity contribution is 5.98. The Kier molecular flexibility index (Phi) is 5.93. The average molecular weight is 303 g/mol. The average Bonchev–Trinajstić information content (AvgIpc) is 2.69. The maximum absolute atomic E-state index is 11.7. The second kappa shape index (κ2) is 7.46. The van der Waals surface area contributed by atoms with Crippen molar-refractivity contribution in [3.63, 3.8) is 0 Å². The van der Waals surface area contributed by atoms with E-state index in [4.69, 9.17) is 11.0 Å². The molecule has 0 radical (unpaired) electrons. The van der Waals surface area contributed by atoms with Crippen LogP contribution in [0.5, 0.6) is 0 Å². The first-order valence-corrected chi connectivity index (χ1v) is 7.00. The Bertz CT molecular complexity index is 648. The topological polar surface area (TPSA) is 98.1 Å². The highest BCUT2D eigenvalue weighted by atomic mass is 16.5. The Morgan fingerprint density at radius 3 is 2.59 bits per heavy atom. The van der Waals surface area contributed by atoms with Crippen LogP contribution in [0.2, 0.25) is 0 Å². The quantitative estimate of drug-likeness (QED) is 0.491. The molecule has 0 atom stereocenters. The van der Waals surface area contributed by atoms with Gasteiger partial charge in [0.05, 0.1) is 0 Å². The molecule has 2 N–H and O–H groups in total. The van der Waals surface area contributed by atoms with E-state index in [1.165, 1.54) is 6.08 Å². The normalized spacial score (nSPS) is 11.4. The van der Waals surface area contributed by atoms with Crippen LogP contribution >= 0.6 is 0 Å². The van der Waals surface area contributed by atoms with Crippen LogP contribution in [0.3, 0.4) is 0 Å². The predicted molar refractivity (Wildman–Crippen MR) is 82.5 cm³/mol. The van der Waals surface area contributed by atoms with E-state index < -0.39 is 18.5 Å². The second-order valence-corrected chi connectivity index (χ2v) is 5.54. The number of nitrogens with two attached hydrogens (primary N) is 1. The second-order valence-electron chi connectivity index (χ2n) is 5.54. The van der Waals surface area contributed by atoms with Gasteiger partial charge in [-0.25, -0.2) is 4.79 Å². The summed E-state index contributed by atoms with van der Waals surface area (Å²) >= 11 is 0. The van der Waals surface area contributed by atoms with Crippen LogP contribution in [0.25, 0.3) is 6.08 Å². The van der Waals surface area contributed by atoms with Gasteiger partial charge >= 0.3 is 5.97 Å². The molecule has 0 fully saturated rings. The van der Waals surface area contributed by atoms with E-state index in [1.54, 1.807) is 6.07 Å². The number of aryl methyl sites for hydroxylation is 1. The molecule has 0 aliphatic carbocycles. The van der Waals surface area contributed by atoms with Gasteiger partial charge < -0.3 is 15.0 Å². The minimum absolute atomic E-state index is 0.161. The molecule has 6 heteroatoms. The summed E-state index contributed by atoms with van der Waals surface area (Å²) in [5, 5.41) is 9.09. The van der Waals surface area contributed by atoms with Gasteiger partial charge in [0.1, 0.15) is 11.6 Å². The predicted octanol–water partition coefficient (Wildman–Crippen LogP) is 1.70. The van der Waals surface area contributed by atoms with Gasteiger partial charge in [0.2, 0.25) is 0 Å². The number of nitriles is 1.